The first kappa shape index (κ1) is 18.9. The quantitative estimate of drug-likeness (QED) is 0.749. The van der Waals surface area contributed by atoms with Gasteiger partial charge in [0, 0.05) is 0 Å². The number of urea groups is 1. The van der Waals surface area contributed by atoms with E-state index in [4.69, 9.17) is 11.6 Å². The Hall–Kier alpha value is -2.86. The Kier molecular flexibility index (Phi) is 5.46. The van der Waals surface area contributed by atoms with Gasteiger partial charge in [-0.1, -0.05) is 54.1 Å². The minimum atomic E-state index is -1.03. The molecule has 0 aromatic heterocycles. The van der Waals surface area contributed by atoms with Gasteiger partial charge in [0.05, 0.1) is 10.7 Å². The normalized spacial score (nSPS) is 19.1. The number of nitrogens with zero attached hydrogens (tertiary/aromatic N) is 1. The fourth-order valence-electron chi connectivity index (χ4n) is 3.00. The fourth-order valence-corrected chi connectivity index (χ4v) is 3.18. The first-order chi connectivity index (χ1) is 12.9. The first-order valence-corrected chi connectivity index (χ1v) is 8.99. The van der Waals surface area contributed by atoms with E-state index >= 15 is 0 Å². The van der Waals surface area contributed by atoms with Gasteiger partial charge in [0.15, 0.2) is 0 Å². The summed E-state index contributed by atoms with van der Waals surface area (Å²) in [4.78, 5) is 38.2. The molecule has 140 valence electrons. The maximum atomic E-state index is 12.8. The van der Waals surface area contributed by atoms with Crippen molar-refractivity contribution in [2.75, 3.05) is 11.9 Å². The van der Waals surface area contributed by atoms with Crippen LogP contribution in [0.1, 0.15) is 18.9 Å². The Morgan fingerprint density at radius 2 is 1.78 bits per heavy atom. The summed E-state index contributed by atoms with van der Waals surface area (Å²) in [5.74, 6) is -0.892. The van der Waals surface area contributed by atoms with E-state index in [1.165, 1.54) is 0 Å². The van der Waals surface area contributed by atoms with Gasteiger partial charge < -0.3 is 10.6 Å². The second-order valence-electron chi connectivity index (χ2n) is 6.67. The lowest BCUT2D eigenvalue weighted by Crippen LogP contribution is -2.45. The molecule has 6 nitrogen and oxygen atoms in total. The molecular weight excluding hydrogens is 366 g/mol. The van der Waals surface area contributed by atoms with Gasteiger partial charge in [-0.3, -0.25) is 14.5 Å². The predicted octanol–water partition coefficient (Wildman–Crippen LogP) is 3.22. The van der Waals surface area contributed by atoms with Crippen LogP contribution < -0.4 is 10.6 Å². The van der Waals surface area contributed by atoms with Gasteiger partial charge in [0.25, 0.3) is 5.91 Å². The summed E-state index contributed by atoms with van der Waals surface area (Å²) in [5, 5.41) is 5.72. The van der Waals surface area contributed by atoms with Crippen LogP contribution in [0.15, 0.2) is 54.6 Å². The van der Waals surface area contributed by atoms with Gasteiger partial charge in [0.2, 0.25) is 5.91 Å². The smallest absolute Gasteiger partial charge is 0.323 e. The van der Waals surface area contributed by atoms with Gasteiger partial charge in [-0.05, 0) is 37.5 Å². The number of imide groups is 1. The third-order valence-electron chi connectivity index (χ3n) is 4.55. The van der Waals surface area contributed by atoms with Crippen LogP contribution in [0.4, 0.5) is 10.5 Å². The van der Waals surface area contributed by atoms with E-state index in [0.717, 1.165) is 10.5 Å². The van der Waals surface area contributed by atoms with E-state index in [1.807, 2.05) is 30.3 Å². The monoisotopic (exact) mass is 385 g/mol. The molecular formula is C20H20ClN3O3. The maximum Gasteiger partial charge on any atom is 0.325 e. The first-order valence-electron chi connectivity index (χ1n) is 8.61. The van der Waals surface area contributed by atoms with Gasteiger partial charge in [-0.15, -0.1) is 0 Å². The summed E-state index contributed by atoms with van der Waals surface area (Å²) in [6.45, 7) is 1.32. The summed E-state index contributed by atoms with van der Waals surface area (Å²) in [6.07, 6.45) is 1.09. The van der Waals surface area contributed by atoms with Gasteiger partial charge in [-0.25, -0.2) is 4.79 Å². The van der Waals surface area contributed by atoms with Crippen molar-refractivity contribution in [3.05, 3.63) is 65.2 Å². The Bertz CT molecular complexity index is 872. The summed E-state index contributed by atoms with van der Waals surface area (Å²) in [5.41, 5.74) is 0.483. The molecule has 0 spiro atoms. The molecule has 1 aliphatic rings. The molecule has 1 heterocycles. The molecule has 0 aliphatic carbocycles. The largest absolute Gasteiger partial charge is 0.325 e. The van der Waals surface area contributed by atoms with Gasteiger partial charge in [-0.2, -0.15) is 0 Å². The second kappa shape index (κ2) is 7.80. The highest BCUT2D eigenvalue weighted by atomic mass is 35.5. The molecule has 2 aromatic rings. The Balaban J connectivity index is 1.63. The summed E-state index contributed by atoms with van der Waals surface area (Å²) >= 11 is 6.01. The summed E-state index contributed by atoms with van der Waals surface area (Å²) < 4.78 is 0. The number of hydrogen-bond acceptors (Lipinski definition) is 3. The van der Waals surface area contributed by atoms with E-state index in [-0.39, 0.29) is 6.54 Å². The third kappa shape index (κ3) is 4.28. The molecule has 4 amide bonds. The predicted molar refractivity (Wildman–Crippen MR) is 103 cm³/mol. The van der Waals surface area contributed by atoms with Crippen LogP contribution in [0.3, 0.4) is 0 Å². The van der Waals surface area contributed by atoms with E-state index in [2.05, 4.69) is 10.6 Å². The molecule has 0 radical (unpaired) electrons. The van der Waals surface area contributed by atoms with Crippen LogP contribution in [0.2, 0.25) is 5.02 Å². The van der Waals surface area contributed by atoms with Gasteiger partial charge >= 0.3 is 6.03 Å². The Morgan fingerprint density at radius 1 is 1.11 bits per heavy atom. The van der Waals surface area contributed by atoms with Crippen molar-refractivity contribution in [1.29, 1.82) is 0 Å². The molecule has 1 fully saturated rings. The van der Waals surface area contributed by atoms with Crippen LogP contribution in [-0.4, -0.2) is 34.8 Å². The molecule has 27 heavy (non-hydrogen) atoms. The Morgan fingerprint density at radius 3 is 2.48 bits per heavy atom. The molecule has 7 heteroatoms. The summed E-state index contributed by atoms with van der Waals surface area (Å²) in [6, 6.07) is 15.9. The molecule has 1 atom stereocenters. The number of anilines is 1. The zero-order valence-electron chi connectivity index (χ0n) is 14.9. The number of aryl methyl sites for hydroxylation is 1. The zero-order chi connectivity index (χ0) is 19.4. The highest BCUT2D eigenvalue weighted by Crippen LogP contribution is 2.24. The van der Waals surface area contributed by atoms with Crippen molar-refractivity contribution in [3.63, 3.8) is 0 Å². The molecule has 0 unspecified atom stereocenters. The van der Waals surface area contributed by atoms with Gasteiger partial charge in [0.1, 0.15) is 12.1 Å². The maximum absolute atomic E-state index is 12.8. The zero-order valence-corrected chi connectivity index (χ0v) is 15.6. The van der Waals surface area contributed by atoms with Crippen LogP contribution in [0, 0.1) is 0 Å². The number of carbonyl (C=O) groups is 3. The SMILES string of the molecule is C[C@]1(CCc2ccccc2)NC(=O)N(CC(=O)Nc2ccccc2Cl)C1=O. The van der Waals surface area contributed by atoms with Crippen molar-refractivity contribution in [2.24, 2.45) is 0 Å². The minimum absolute atomic E-state index is 0.364. The highest BCUT2D eigenvalue weighted by Gasteiger charge is 2.47. The number of carbonyl (C=O) groups excluding carboxylic acids is 3. The van der Waals surface area contributed by atoms with Crippen LogP contribution in [0.5, 0.6) is 0 Å². The topological polar surface area (TPSA) is 78.5 Å². The van der Waals surface area contributed by atoms with E-state index in [0.29, 0.717) is 23.6 Å². The molecule has 1 saturated heterocycles. The highest BCUT2D eigenvalue weighted by molar-refractivity contribution is 6.33. The van der Waals surface area contributed by atoms with E-state index in [1.54, 1.807) is 31.2 Å². The standard InChI is InChI=1S/C20H20ClN3O3/c1-20(12-11-14-7-3-2-4-8-14)18(26)24(19(27)23-20)13-17(25)22-16-10-6-5-9-15(16)21/h2-10H,11-13H2,1H3,(H,22,25)(H,23,27)/t20-/m1/s1. The average Bonchev–Trinajstić information content (AvgIpc) is 2.86. The molecule has 0 bridgehead atoms. The van der Waals surface area contributed by atoms with Crippen LogP contribution in [-0.2, 0) is 16.0 Å². The molecule has 1 aliphatic heterocycles. The lowest BCUT2D eigenvalue weighted by Gasteiger charge is -2.21. The second-order valence-corrected chi connectivity index (χ2v) is 7.07. The van der Waals surface area contributed by atoms with Crippen molar-refractivity contribution in [3.8, 4) is 0 Å². The van der Waals surface area contributed by atoms with E-state index in [9.17, 15) is 14.4 Å². The van der Waals surface area contributed by atoms with Crippen molar-refractivity contribution in [2.45, 2.75) is 25.3 Å². The molecule has 3 rings (SSSR count). The molecule has 2 N–H and O–H groups in total. The molecule has 0 saturated carbocycles. The lowest BCUT2D eigenvalue weighted by molar-refractivity contribution is -0.133. The molecule has 2 aromatic carbocycles. The number of nitrogens with one attached hydrogen (secondary N) is 2. The number of hydrogen-bond donors (Lipinski definition) is 2. The van der Waals surface area contributed by atoms with E-state index < -0.39 is 23.4 Å². The van der Waals surface area contributed by atoms with Crippen molar-refractivity contribution in [1.82, 2.24) is 10.2 Å². The number of amides is 4. The lowest BCUT2D eigenvalue weighted by atomic mass is 9.93. The number of rotatable bonds is 6. The number of benzene rings is 2. The van der Waals surface area contributed by atoms with Crippen molar-refractivity contribution >= 4 is 35.1 Å². The minimum Gasteiger partial charge on any atom is -0.323 e. The fraction of sp³-hybridized carbons (Fsp3) is 0.250. The van der Waals surface area contributed by atoms with Crippen LogP contribution in [0.25, 0.3) is 0 Å². The number of para-hydroxylation sites is 1. The van der Waals surface area contributed by atoms with Crippen LogP contribution >= 0.6 is 11.6 Å². The average molecular weight is 386 g/mol. The summed E-state index contributed by atoms with van der Waals surface area (Å²) in [7, 11) is 0. The van der Waals surface area contributed by atoms with Crippen molar-refractivity contribution < 1.29 is 14.4 Å². The Labute approximate surface area is 162 Å². The number of halogens is 1. The third-order valence-corrected chi connectivity index (χ3v) is 4.88.